The summed E-state index contributed by atoms with van der Waals surface area (Å²) in [5.41, 5.74) is 0.512. The van der Waals surface area contributed by atoms with Crippen LogP contribution in [0.3, 0.4) is 0 Å². The highest BCUT2D eigenvalue weighted by molar-refractivity contribution is 8.02. The van der Waals surface area contributed by atoms with Crippen molar-refractivity contribution in [1.82, 2.24) is 4.90 Å². The van der Waals surface area contributed by atoms with Crippen LogP contribution in [0, 0.1) is 17.8 Å². The van der Waals surface area contributed by atoms with Gasteiger partial charge < -0.3 is 20.0 Å². The van der Waals surface area contributed by atoms with Crippen LogP contribution in [0.2, 0.25) is 5.02 Å². The number of benzene rings is 1. The van der Waals surface area contributed by atoms with Gasteiger partial charge in [0.2, 0.25) is 5.91 Å². The molecular weight excluding hydrogens is 476 g/mol. The van der Waals surface area contributed by atoms with Crippen LogP contribution in [-0.2, 0) is 14.4 Å². The van der Waals surface area contributed by atoms with E-state index in [1.165, 1.54) is 21.6 Å². The van der Waals surface area contributed by atoms with Crippen LogP contribution in [0.25, 0.3) is 0 Å². The summed E-state index contributed by atoms with van der Waals surface area (Å²) in [6.45, 7) is 7.60. The van der Waals surface area contributed by atoms with E-state index in [1.54, 1.807) is 30.3 Å². The quantitative estimate of drug-likeness (QED) is 0.498. The number of nitrogens with zero attached hydrogens (tertiary/aromatic N) is 2. The van der Waals surface area contributed by atoms with Crippen molar-refractivity contribution in [1.29, 1.82) is 0 Å². The van der Waals surface area contributed by atoms with Gasteiger partial charge in [-0.1, -0.05) is 50.1 Å². The van der Waals surface area contributed by atoms with Gasteiger partial charge in [-0.2, -0.15) is 0 Å². The van der Waals surface area contributed by atoms with Gasteiger partial charge in [0, 0.05) is 11.8 Å². The fourth-order valence-electron chi connectivity index (χ4n) is 6.08. The summed E-state index contributed by atoms with van der Waals surface area (Å²) in [6, 6.07) is 5.53. The Balaban J connectivity index is 1.86. The van der Waals surface area contributed by atoms with Crippen molar-refractivity contribution >= 4 is 46.8 Å². The average molecular weight is 507 g/mol. The first kappa shape index (κ1) is 25.1. The van der Waals surface area contributed by atoms with E-state index in [9.17, 15) is 24.6 Å². The summed E-state index contributed by atoms with van der Waals surface area (Å²) in [4.78, 5) is 43.6. The minimum atomic E-state index is -0.997. The van der Waals surface area contributed by atoms with E-state index in [0.717, 1.165) is 0 Å². The maximum atomic E-state index is 14.4. The fourth-order valence-corrected chi connectivity index (χ4v) is 8.51. The molecule has 3 aliphatic rings. The molecule has 0 aromatic heterocycles. The number of halogens is 1. The highest BCUT2D eigenvalue weighted by atomic mass is 35.5. The Morgan fingerprint density at radius 3 is 2.71 bits per heavy atom. The molecular formula is C25H31ClN2O5S. The standard InChI is InChI=1S/C25H31ClN2O5S/c1-4-12-27(16-9-7-6-8-15(16)26)23(31)21-25-11-10-18(34-25)19(24(32)33)20(25)22(30)28(21)17(13-29)14(3)5-2/h4,6-9,14,17-21,29H,1,5,10-13H2,2-3H3,(H,32,33)/t14-,17-,18-,19+,20-,21?,25?/m0/s1. The first-order chi connectivity index (χ1) is 16.2. The van der Waals surface area contributed by atoms with E-state index in [0.29, 0.717) is 30.0 Å². The minimum absolute atomic E-state index is 0.0712. The van der Waals surface area contributed by atoms with E-state index < -0.39 is 34.6 Å². The Hall–Kier alpha value is -2.03. The van der Waals surface area contributed by atoms with Crippen molar-refractivity contribution in [2.24, 2.45) is 17.8 Å². The number of likely N-dealkylation sites (tertiary alicyclic amines) is 1. The van der Waals surface area contributed by atoms with Crippen molar-refractivity contribution in [3.05, 3.63) is 41.9 Å². The van der Waals surface area contributed by atoms with E-state index in [2.05, 4.69) is 6.58 Å². The molecule has 0 radical (unpaired) electrons. The molecule has 1 aromatic rings. The van der Waals surface area contributed by atoms with E-state index >= 15 is 0 Å². The van der Waals surface area contributed by atoms with Crippen LogP contribution in [0.15, 0.2) is 36.9 Å². The Labute approximate surface area is 209 Å². The lowest BCUT2D eigenvalue weighted by molar-refractivity contribution is -0.149. The molecule has 3 heterocycles. The summed E-state index contributed by atoms with van der Waals surface area (Å²) in [5.74, 6) is -3.35. The number of carboxylic acid groups (broad SMARTS) is 1. The van der Waals surface area contributed by atoms with Gasteiger partial charge in [-0.3, -0.25) is 14.4 Å². The molecule has 2 amide bonds. The van der Waals surface area contributed by atoms with Crippen LogP contribution in [0.5, 0.6) is 0 Å². The lowest BCUT2D eigenvalue weighted by Crippen LogP contribution is -2.58. The number of hydrogen-bond acceptors (Lipinski definition) is 5. The zero-order valence-electron chi connectivity index (χ0n) is 19.4. The average Bonchev–Trinajstić information content (AvgIpc) is 3.46. The number of carbonyl (C=O) groups excluding carboxylic acids is 2. The molecule has 1 spiro atoms. The molecule has 2 bridgehead atoms. The van der Waals surface area contributed by atoms with Crippen LogP contribution >= 0.6 is 23.4 Å². The topological polar surface area (TPSA) is 98.2 Å². The molecule has 2 unspecified atom stereocenters. The van der Waals surface area contributed by atoms with Crippen molar-refractivity contribution in [3.8, 4) is 0 Å². The SMILES string of the molecule is C=CCN(C(=O)C1N([C@@H](CO)[C@@H](C)CC)C(=O)[C@@H]2[C@H](C(=O)O)[C@@H]3CCC12S3)c1ccccc1Cl. The number of para-hydroxylation sites is 1. The van der Waals surface area contributed by atoms with Gasteiger partial charge in [-0.05, 0) is 30.9 Å². The van der Waals surface area contributed by atoms with Crippen LogP contribution in [0.4, 0.5) is 5.69 Å². The summed E-state index contributed by atoms with van der Waals surface area (Å²) in [7, 11) is 0. The molecule has 34 heavy (non-hydrogen) atoms. The number of carbonyl (C=O) groups is 3. The van der Waals surface area contributed by atoms with Crippen molar-refractivity contribution in [2.45, 2.75) is 55.2 Å². The number of amides is 2. The number of aliphatic hydroxyl groups is 1. The maximum Gasteiger partial charge on any atom is 0.308 e. The molecule has 3 saturated heterocycles. The molecule has 9 heteroatoms. The monoisotopic (exact) mass is 506 g/mol. The molecule has 1 aromatic carbocycles. The molecule has 3 aliphatic heterocycles. The Bertz CT molecular complexity index is 1010. The molecule has 2 N–H and O–H groups in total. The maximum absolute atomic E-state index is 14.4. The molecule has 7 nitrogen and oxygen atoms in total. The predicted octanol–water partition coefficient (Wildman–Crippen LogP) is 3.44. The number of carboxylic acids is 1. The fraction of sp³-hybridized carbons (Fsp3) is 0.560. The predicted molar refractivity (Wildman–Crippen MR) is 133 cm³/mol. The first-order valence-electron chi connectivity index (χ1n) is 11.7. The van der Waals surface area contributed by atoms with Gasteiger partial charge in [0.25, 0.3) is 5.91 Å². The van der Waals surface area contributed by atoms with Gasteiger partial charge in [0.05, 0.1) is 39.9 Å². The van der Waals surface area contributed by atoms with Gasteiger partial charge in [0.15, 0.2) is 0 Å². The Kier molecular flexibility index (Phi) is 7.04. The second-order valence-electron chi connectivity index (χ2n) is 9.46. The van der Waals surface area contributed by atoms with Crippen molar-refractivity contribution < 1.29 is 24.6 Å². The van der Waals surface area contributed by atoms with Crippen molar-refractivity contribution in [3.63, 3.8) is 0 Å². The van der Waals surface area contributed by atoms with Crippen molar-refractivity contribution in [2.75, 3.05) is 18.1 Å². The number of rotatable bonds is 9. The number of aliphatic hydroxyl groups excluding tert-OH is 1. The largest absolute Gasteiger partial charge is 0.481 e. The smallest absolute Gasteiger partial charge is 0.308 e. The molecule has 0 saturated carbocycles. The van der Waals surface area contributed by atoms with Crippen LogP contribution in [-0.4, -0.2) is 68.1 Å². The molecule has 184 valence electrons. The van der Waals surface area contributed by atoms with Crippen LogP contribution < -0.4 is 4.90 Å². The summed E-state index contributed by atoms with van der Waals surface area (Å²) >= 11 is 7.94. The van der Waals surface area contributed by atoms with Gasteiger partial charge in [-0.25, -0.2) is 0 Å². The zero-order valence-corrected chi connectivity index (χ0v) is 21.0. The third kappa shape index (κ3) is 3.65. The third-order valence-corrected chi connectivity index (χ3v) is 10.1. The summed E-state index contributed by atoms with van der Waals surface area (Å²) < 4.78 is -0.844. The number of aliphatic carboxylic acids is 1. The van der Waals surface area contributed by atoms with E-state index in [1.807, 2.05) is 13.8 Å². The number of fused-ring (bicyclic) bond motifs is 1. The highest BCUT2D eigenvalue weighted by Gasteiger charge is 2.74. The van der Waals surface area contributed by atoms with Gasteiger partial charge in [0.1, 0.15) is 6.04 Å². The summed E-state index contributed by atoms with van der Waals surface area (Å²) in [5, 5.41) is 20.5. The molecule has 7 atom stereocenters. The minimum Gasteiger partial charge on any atom is -0.481 e. The summed E-state index contributed by atoms with van der Waals surface area (Å²) in [6.07, 6.45) is 3.53. The Morgan fingerprint density at radius 2 is 2.12 bits per heavy atom. The number of thioether (sulfide) groups is 1. The lowest BCUT2D eigenvalue weighted by Gasteiger charge is -2.41. The van der Waals surface area contributed by atoms with E-state index in [4.69, 9.17) is 11.6 Å². The second-order valence-corrected chi connectivity index (χ2v) is 11.5. The van der Waals surface area contributed by atoms with Crippen LogP contribution in [0.1, 0.15) is 33.1 Å². The molecule has 3 fully saturated rings. The van der Waals surface area contributed by atoms with Gasteiger partial charge >= 0.3 is 5.97 Å². The number of anilines is 1. The highest BCUT2D eigenvalue weighted by Crippen LogP contribution is 2.67. The Morgan fingerprint density at radius 1 is 1.41 bits per heavy atom. The third-order valence-electron chi connectivity index (χ3n) is 7.82. The second kappa shape index (κ2) is 9.55. The lowest BCUT2D eigenvalue weighted by atomic mass is 9.71. The zero-order chi connectivity index (χ0) is 24.8. The molecule has 4 rings (SSSR count). The van der Waals surface area contributed by atoms with Gasteiger partial charge in [-0.15, -0.1) is 18.3 Å². The van der Waals surface area contributed by atoms with E-state index in [-0.39, 0.29) is 36.1 Å². The molecule has 0 aliphatic carbocycles. The first-order valence-corrected chi connectivity index (χ1v) is 13.0. The normalized spacial score (nSPS) is 31.3. The number of hydrogen-bond donors (Lipinski definition) is 2.